The topological polar surface area (TPSA) is 107 Å². The third kappa shape index (κ3) is 4.62. The maximum absolute atomic E-state index is 12.4. The van der Waals surface area contributed by atoms with Crippen molar-refractivity contribution in [1.82, 2.24) is 13.1 Å². The van der Waals surface area contributed by atoms with Crippen molar-refractivity contribution >= 4 is 61.7 Å². The fraction of sp³-hybridized carbons (Fsp3) is 0.444. The number of hydrogen-bond donors (Lipinski definition) is 3. The van der Waals surface area contributed by atoms with Gasteiger partial charge in [-0.3, -0.25) is 0 Å². The lowest BCUT2D eigenvalue weighted by atomic mass is 9.86. The van der Waals surface area contributed by atoms with Gasteiger partial charge in [0.25, 0.3) is 10.0 Å². The number of nitrogens with zero attached hydrogens (tertiary/aromatic N) is 3. The number of nitrogens with one attached hydrogen (secondary N) is 2. The van der Waals surface area contributed by atoms with Gasteiger partial charge in [-0.1, -0.05) is 20.8 Å². The molecule has 3 heterocycles. The molecule has 0 aliphatic rings. The average Bonchev–Trinajstić information content (AvgIpc) is 3.34. The van der Waals surface area contributed by atoms with E-state index >= 15 is 0 Å². The fourth-order valence-electron chi connectivity index (χ4n) is 2.72. The Bertz CT molecular complexity index is 1130. The first-order valence-corrected chi connectivity index (χ1v) is 12.9. The monoisotopic (exact) mass is 487 g/mol. The Morgan fingerprint density at radius 3 is 2.40 bits per heavy atom. The van der Waals surface area contributed by atoms with Crippen LogP contribution in [0.25, 0.3) is 0 Å². The third-order valence-electron chi connectivity index (χ3n) is 4.38. The van der Waals surface area contributed by atoms with E-state index < -0.39 is 10.0 Å². The molecule has 3 N–H and O–H groups in total. The Kier molecular flexibility index (Phi) is 6.44. The molecule has 0 radical (unpaired) electrons. The molecule has 0 aliphatic carbocycles. The summed E-state index contributed by atoms with van der Waals surface area (Å²) in [6, 6.07) is 4.20. The van der Waals surface area contributed by atoms with Crippen LogP contribution in [0.1, 0.15) is 36.6 Å². The lowest BCUT2D eigenvalue weighted by molar-refractivity contribution is 0.351. The minimum atomic E-state index is -3.73. The summed E-state index contributed by atoms with van der Waals surface area (Å²) in [6.45, 7) is 8.52. The molecule has 3 aromatic rings. The molecule has 0 fully saturated rings. The second-order valence-electron chi connectivity index (χ2n) is 8.05. The number of aromatic nitrogens is 2. The zero-order chi connectivity index (χ0) is 22.3. The van der Waals surface area contributed by atoms with Gasteiger partial charge in [0.1, 0.15) is 0 Å². The van der Waals surface area contributed by atoms with Crippen LogP contribution in [0, 0.1) is 12.3 Å². The molecule has 0 saturated heterocycles. The molecule has 0 aliphatic heterocycles. The van der Waals surface area contributed by atoms with E-state index in [1.807, 2.05) is 0 Å². The summed E-state index contributed by atoms with van der Waals surface area (Å²) < 4.78 is 34.3. The Morgan fingerprint density at radius 2 is 1.83 bits per heavy atom. The van der Waals surface area contributed by atoms with Gasteiger partial charge in [0.15, 0.2) is 21.6 Å². The molecule has 0 aromatic carbocycles. The summed E-state index contributed by atoms with van der Waals surface area (Å²) in [6.07, 6.45) is 0. The molecule has 12 heteroatoms. The predicted molar refractivity (Wildman–Crippen MR) is 125 cm³/mol. The van der Waals surface area contributed by atoms with Gasteiger partial charge >= 0.3 is 0 Å². The lowest BCUT2D eigenvalue weighted by Crippen LogP contribution is -2.25. The van der Waals surface area contributed by atoms with Crippen molar-refractivity contribution < 1.29 is 13.5 Å². The first-order valence-electron chi connectivity index (χ1n) is 9.06. The molecule has 30 heavy (non-hydrogen) atoms. The highest BCUT2D eigenvalue weighted by molar-refractivity contribution is 7.91. The standard InChI is InChI=1S/C18H25N5O3S4/c1-10-7-8-12(28-10)14(18(2,3)4)20-16-15(21-29-22-16)19-11-9-27-17(13(11)24)30(25,26)23(5)6/h7-9,14,24H,1-6H3,(H,19,21)(H,20,22)/t14-/m0/s1. The van der Waals surface area contributed by atoms with Gasteiger partial charge in [-0.2, -0.15) is 8.75 Å². The van der Waals surface area contributed by atoms with Crippen molar-refractivity contribution in [3.63, 3.8) is 0 Å². The molecule has 0 amide bonds. The van der Waals surface area contributed by atoms with E-state index in [1.54, 1.807) is 16.7 Å². The third-order valence-corrected chi connectivity index (χ3v) is 9.28. The number of anilines is 3. The Balaban J connectivity index is 1.88. The molecule has 0 saturated carbocycles. The molecule has 3 rings (SSSR count). The average molecular weight is 488 g/mol. The van der Waals surface area contributed by atoms with Crippen molar-refractivity contribution in [3.8, 4) is 5.75 Å². The highest BCUT2D eigenvalue weighted by atomic mass is 32.2. The van der Waals surface area contributed by atoms with Gasteiger partial charge in [0.05, 0.1) is 23.5 Å². The van der Waals surface area contributed by atoms with Crippen molar-refractivity contribution in [2.45, 2.75) is 37.9 Å². The first kappa shape index (κ1) is 22.9. The maximum atomic E-state index is 12.4. The molecular weight excluding hydrogens is 462 g/mol. The van der Waals surface area contributed by atoms with Gasteiger partial charge in [0, 0.05) is 29.2 Å². The zero-order valence-electron chi connectivity index (χ0n) is 17.5. The minimum absolute atomic E-state index is 0.00130. The Labute approximate surface area is 189 Å². The SMILES string of the molecule is Cc1ccc([C@H](Nc2nsnc2Nc2csc(S(=O)(=O)N(C)C)c2O)C(C)(C)C)s1. The van der Waals surface area contributed by atoms with Gasteiger partial charge in [-0.15, -0.1) is 22.7 Å². The van der Waals surface area contributed by atoms with E-state index in [0.717, 1.165) is 27.4 Å². The fourth-order valence-corrected chi connectivity index (χ4v) is 6.75. The molecule has 0 bridgehead atoms. The Morgan fingerprint density at radius 1 is 1.17 bits per heavy atom. The smallest absolute Gasteiger partial charge is 0.255 e. The predicted octanol–water partition coefficient (Wildman–Crippen LogP) is 4.87. The second-order valence-corrected chi connectivity index (χ2v) is 13.1. The quantitative estimate of drug-likeness (QED) is 0.436. The van der Waals surface area contributed by atoms with Crippen LogP contribution in [0.3, 0.4) is 0 Å². The van der Waals surface area contributed by atoms with E-state index in [0.29, 0.717) is 11.6 Å². The lowest BCUT2D eigenvalue weighted by Gasteiger charge is -2.31. The van der Waals surface area contributed by atoms with Crippen molar-refractivity contribution in [3.05, 3.63) is 27.3 Å². The summed E-state index contributed by atoms with van der Waals surface area (Å²) in [5.41, 5.74) is 0.186. The normalized spacial score (nSPS) is 13.6. The van der Waals surface area contributed by atoms with Crippen molar-refractivity contribution in [2.24, 2.45) is 5.41 Å². The highest BCUT2D eigenvalue weighted by Crippen LogP contribution is 2.43. The van der Waals surface area contributed by atoms with E-state index in [2.05, 4.69) is 59.2 Å². The molecule has 0 spiro atoms. The summed E-state index contributed by atoms with van der Waals surface area (Å²) >= 11 is 3.71. The number of rotatable bonds is 7. The van der Waals surface area contributed by atoms with E-state index in [9.17, 15) is 13.5 Å². The zero-order valence-corrected chi connectivity index (χ0v) is 20.8. The van der Waals surface area contributed by atoms with Crippen LogP contribution in [0.2, 0.25) is 0 Å². The van der Waals surface area contributed by atoms with Crippen LogP contribution in [-0.2, 0) is 10.0 Å². The number of aryl methyl sites for hydroxylation is 1. The Hall–Kier alpha value is -1.73. The molecule has 3 aromatic heterocycles. The van der Waals surface area contributed by atoms with Gasteiger partial charge in [-0.05, 0) is 24.5 Å². The number of sulfonamides is 1. The maximum Gasteiger partial charge on any atom is 0.255 e. The van der Waals surface area contributed by atoms with Crippen LogP contribution in [0.5, 0.6) is 5.75 Å². The van der Waals surface area contributed by atoms with Crippen LogP contribution in [-0.4, -0.2) is 40.7 Å². The molecule has 8 nitrogen and oxygen atoms in total. The molecule has 0 unspecified atom stereocenters. The molecular formula is C18H25N5O3S4. The number of aromatic hydroxyl groups is 1. The first-order chi connectivity index (χ1) is 13.9. The van der Waals surface area contributed by atoms with Crippen LogP contribution >= 0.6 is 34.4 Å². The largest absolute Gasteiger partial charge is 0.504 e. The summed E-state index contributed by atoms with van der Waals surface area (Å²) in [5.74, 6) is 0.659. The number of thiophene rings is 2. The van der Waals surface area contributed by atoms with Crippen LogP contribution < -0.4 is 10.6 Å². The van der Waals surface area contributed by atoms with Crippen molar-refractivity contribution in [2.75, 3.05) is 24.7 Å². The van der Waals surface area contributed by atoms with Crippen LogP contribution in [0.4, 0.5) is 17.3 Å². The van der Waals surface area contributed by atoms with Gasteiger partial charge in [0.2, 0.25) is 0 Å². The van der Waals surface area contributed by atoms with Gasteiger partial charge in [-0.25, -0.2) is 12.7 Å². The van der Waals surface area contributed by atoms with E-state index in [-0.39, 0.29) is 27.1 Å². The minimum Gasteiger partial charge on any atom is -0.504 e. The van der Waals surface area contributed by atoms with E-state index in [1.165, 1.54) is 23.8 Å². The van der Waals surface area contributed by atoms with Crippen LogP contribution in [0.15, 0.2) is 21.7 Å². The highest BCUT2D eigenvalue weighted by Gasteiger charge is 2.30. The number of hydrogen-bond acceptors (Lipinski definition) is 10. The summed E-state index contributed by atoms with van der Waals surface area (Å²) in [4.78, 5) is 2.42. The van der Waals surface area contributed by atoms with Gasteiger partial charge < -0.3 is 15.7 Å². The molecule has 164 valence electrons. The van der Waals surface area contributed by atoms with Crippen molar-refractivity contribution in [1.29, 1.82) is 0 Å². The van der Waals surface area contributed by atoms with E-state index in [4.69, 9.17) is 0 Å². The summed E-state index contributed by atoms with van der Waals surface area (Å²) in [5, 5.41) is 18.5. The second kappa shape index (κ2) is 8.42. The summed E-state index contributed by atoms with van der Waals surface area (Å²) in [7, 11) is -0.887. The molecule has 1 atom stereocenters.